The molecule has 0 saturated heterocycles. The van der Waals surface area contributed by atoms with Crippen LogP contribution in [-0.4, -0.2) is 0 Å². The summed E-state index contributed by atoms with van der Waals surface area (Å²) < 4.78 is 0. The number of anilines is 2. The first-order valence-corrected chi connectivity index (χ1v) is 19.6. The van der Waals surface area contributed by atoms with E-state index in [9.17, 15) is 0 Å². The third kappa shape index (κ3) is 3.97. The molecule has 12 rings (SSSR count). The lowest BCUT2D eigenvalue weighted by molar-refractivity contribution is 0.768. The van der Waals surface area contributed by atoms with Crippen molar-refractivity contribution < 1.29 is 0 Å². The minimum Gasteiger partial charge on any atom is -0.356 e. The molecule has 4 aliphatic carbocycles. The average Bonchev–Trinajstić information content (AvgIpc) is 3.85. The molecular weight excluding hydrogens is 663 g/mol. The van der Waals surface area contributed by atoms with Crippen molar-refractivity contribution in [3.8, 4) is 22.3 Å². The van der Waals surface area contributed by atoms with Crippen LogP contribution >= 0.6 is 0 Å². The topological polar surface area (TPSA) is 12.0 Å². The fourth-order valence-electron chi connectivity index (χ4n) is 10.9. The summed E-state index contributed by atoms with van der Waals surface area (Å²) in [6.45, 7) is 0. The second kappa shape index (κ2) is 11.4. The molecule has 1 atom stereocenters. The summed E-state index contributed by atoms with van der Waals surface area (Å²) in [5.74, 6) is 0. The quantitative estimate of drug-likeness (QED) is 0.193. The van der Waals surface area contributed by atoms with Crippen LogP contribution in [0.4, 0.5) is 11.4 Å². The van der Waals surface area contributed by atoms with Gasteiger partial charge in [0.05, 0.1) is 10.8 Å². The average molecular weight is 700 g/mol. The Balaban J connectivity index is 0.977. The van der Waals surface area contributed by atoms with Gasteiger partial charge in [-0.15, -0.1) is 0 Å². The third-order valence-electron chi connectivity index (χ3n) is 13.0. The van der Waals surface area contributed by atoms with Gasteiger partial charge in [0, 0.05) is 11.4 Å². The number of fused-ring (bicyclic) bond motifs is 14. The summed E-state index contributed by atoms with van der Waals surface area (Å²) in [7, 11) is 0. The van der Waals surface area contributed by atoms with Crippen molar-refractivity contribution in [1.29, 1.82) is 0 Å². The second-order valence-corrected chi connectivity index (χ2v) is 15.5. The number of benzene rings is 8. The lowest BCUT2D eigenvalue weighted by atomic mass is 9.68. The molecule has 0 amide bonds. The molecule has 1 unspecified atom stereocenters. The van der Waals surface area contributed by atoms with Gasteiger partial charge in [0.25, 0.3) is 0 Å². The van der Waals surface area contributed by atoms with Gasteiger partial charge in [0.15, 0.2) is 0 Å². The molecule has 0 bridgehead atoms. The normalized spacial score (nSPS) is 17.7. The SMILES string of the molecule is C1=CC2=C(CC1)c1cc(Nc3ccc(C4(c5ccccc5)c5ccccc5-c5ccccc54)cc3)ccc1C21c2ccccc2-c2c1ccc1ccccc21. The molecule has 4 aliphatic rings. The van der Waals surface area contributed by atoms with E-state index in [0.717, 1.165) is 24.2 Å². The highest BCUT2D eigenvalue weighted by Crippen LogP contribution is 2.64. The number of allylic oxidation sites excluding steroid dienone is 4. The van der Waals surface area contributed by atoms with E-state index >= 15 is 0 Å². The summed E-state index contributed by atoms with van der Waals surface area (Å²) in [5.41, 5.74) is 20.6. The summed E-state index contributed by atoms with van der Waals surface area (Å²) in [6, 6.07) is 68.0. The van der Waals surface area contributed by atoms with Crippen molar-refractivity contribution in [2.24, 2.45) is 0 Å². The van der Waals surface area contributed by atoms with Crippen LogP contribution in [-0.2, 0) is 10.8 Å². The van der Waals surface area contributed by atoms with Crippen molar-refractivity contribution in [2.45, 2.75) is 23.7 Å². The molecule has 0 fully saturated rings. The monoisotopic (exact) mass is 699 g/mol. The molecule has 0 aliphatic heterocycles. The molecule has 8 aromatic rings. The van der Waals surface area contributed by atoms with Gasteiger partial charge in [-0.05, 0) is 126 Å². The number of hydrogen-bond acceptors (Lipinski definition) is 1. The first-order chi connectivity index (χ1) is 27.3. The van der Waals surface area contributed by atoms with Crippen molar-refractivity contribution in [3.63, 3.8) is 0 Å². The molecule has 55 heavy (non-hydrogen) atoms. The molecule has 1 spiro atoms. The first kappa shape index (κ1) is 30.7. The Labute approximate surface area is 322 Å². The zero-order chi connectivity index (χ0) is 36.1. The van der Waals surface area contributed by atoms with E-state index in [1.165, 1.54) is 88.7 Å². The van der Waals surface area contributed by atoms with Gasteiger partial charge in [0.1, 0.15) is 0 Å². The van der Waals surface area contributed by atoms with Crippen LogP contribution in [0.1, 0.15) is 57.3 Å². The number of nitrogens with one attached hydrogen (secondary N) is 1. The molecule has 0 aromatic heterocycles. The van der Waals surface area contributed by atoms with Gasteiger partial charge in [-0.3, -0.25) is 0 Å². The van der Waals surface area contributed by atoms with E-state index in [0.29, 0.717) is 0 Å². The Kier molecular flexibility index (Phi) is 6.37. The van der Waals surface area contributed by atoms with Crippen molar-refractivity contribution in [3.05, 3.63) is 244 Å². The van der Waals surface area contributed by atoms with Crippen molar-refractivity contribution >= 4 is 27.7 Å². The minimum atomic E-state index is -0.397. The summed E-state index contributed by atoms with van der Waals surface area (Å²) in [4.78, 5) is 0. The van der Waals surface area contributed by atoms with Gasteiger partial charge >= 0.3 is 0 Å². The zero-order valence-electron chi connectivity index (χ0n) is 30.4. The van der Waals surface area contributed by atoms with Crippen molar-refractivity contribution in [2.75, 3.05) is 5.32 Å². The fourth-order valence-corrected chi connectivity index (χ4v) is 10.9. The smallest absolute Gasteiger partial charge is 0.0722 e. The molecule has 1 nitrogen and oxygen atoms in total. The largest absolute Gasteiger partial charge is 0.356 e. The van der Waals surface area contributed by atoms with Gasteiger partial charge in [-0.1, -0.05) is 170 Å². The van der Waals surface area contributed by atoms with E-state index in [4.69, 9.17) is 0 Å². The molecular formula is C54H37N. The van der Waals surface area contributed by atoms with E-state index in [2.05, 4.69) is 199 Å². The molecule has 0 heterocycles. The van der Waals surface area contributed by atoms with Crippen molar-refractivity contribution in [1.82, 2.24) is 0 Å². The molecule has 0 radical (unpaired) electrons. The summed E-state index contributed by atoms with van der Waals surface area (Å²) in [6.07, 6.45) is 6.94. The predicted octanol–water partition coefficient (Wildman–Crippen LogP) is 13.4. The van der Waals surface area contributed by atoms with Crippen LogP contribution < -0.4 is 5.32 Å². The van der Waals surface area contributed by atoms with E-state index in [1.807, 2.05) is 0 Å². The van der Waals surface area contributed by atoms with Gasteiger partial charge in [-0.25, -0.2) is 0 Å². The maximum Gasteiger partial charge on any atom is 0.0722 e. The zero-order valence-corrected chi connectivity index (χ0v) is 30.4. The Hall–Kier alpha value is -6.70. The van der Waals surface area contributed by atoms with Crippen LogP contribution in [0, 0.1) is 0 Å². The van der Waals surface area contributed by atoms with Gasteiger partial charge in [-0.2, -0.15) is 0 Å². The molecule has 1 N–H and O–H groups in total. The second-order valence-electron chi connectivity index (χ2n) is 15.5. The molecule has 1 heteroatoms. The van der Waals surface area contributed by atoms with Crippen LogP contribution in [0.5, 0.6) is 0 Å². The highest BCUT2D eigenvalue weighted by Gasteiger charge is 2.53. The van der Waals surface area contributed by atoms with Crippen LogP contribution in [0.15, 0.2) is 200 Å². The highest BCUT2D eigenvalue weighted by atomic mass is 14.9. The Morgan fingerprint density at radius 1 is 0.418 bits per heavy atom. The Morgan fingerprint density at radius 3 is 1.76 bits per heavy atom. The minimum absolute atomic E-state index is 0.322. The lowest BCUT2D eigenvalue weighted by Crippen LogP contribution is -2.28. The number of rotatable bonds is 4. The van der Waals surface area contributed by atoms with E-state index in [-0.39, 0.29) is 5.41 Å². The fraction of sp³-hybridized carbons (Fsp3) is 0.0741. The lowest BCUT2D eigenvalue weighted by Gasteiger charge is -2.34. The highest BCUT2D eigenvalue weighted by molar-refractivity contribution is 6.06. The molecule has 258 valence electrons. The van der Waals surface area contributed by atoms with E-state index < -0.39 is 5.41 Å². The Morgan fingerprint density at radius 2 is 1.00 bits per heavy atom. The summed E-state index contributed by atoms with van der Waals surface area (Å²) >= 11 is 0. The maximum atomic E-state index is 3.84. The van der Waals surface area contributed by atoms with Crippen LogP contribution in [0.2, 0.25) is 0 Å². The molecule has 0 saturated carbocycles. The molecule has 8 aromatic carbocycles. The van der Waals surface area contributed by atoms with Gasteiger partial charge < -0.3 is 5.32 Å². The first-order valence-electron chi connectivity index (χ1n) is 19.6. The maximum absolute atomic E-state index is 3.84. The number of hydrogen-bond donors (Lipinski definition) is 1. The Bertz CT molecular complexity index is 2900. The third-order valence-corrected chi connectivity index (χ3v) is 13.0. The van der Waals surface area contributed by atoms with E-state index in [1.54, 1.807) is 0 Å². The van der Waals surface area contributed by atoms with Crippen LogP contribution in [0.3, 0.4) is 0 Å². The predicted molar refractivity (Wildman–Crippen MR) is 228 cm³/mol. The standard InChI is InChI=1S/C54H37N/c1-2-15-36(16-3-1)53(46-22-10-6-18-41(46)42-19-7-11-23-47(42)53)37-27-29-38(30-28-37)55-39-31-33-50-45(34-39)43-20-8-12-24-48(43)54(50)49-25-13-9-21-44(49)52-40-17-5-4-14-35(40)26-32-51(52)54/h1-7,9-19,21-34,55H,8,20H2. The van der Waals surface area contributed by atoms with Gasteiger partial charge in [0.2, 0.25) is 0 Å². The van der Waals surface area contributed by atoms with Crippen LogP contribution in [0.25, 0.3) is 38.6 Å². The summed E-state index contributed by atoms with van der Waals surface area (Å²) in [5, 5.41) is 6.46.